The summed E-state index contributed by atoms with van der Waals surface area (Å²) in [5, 5.41) is -0.195. The minimum Gasteiger partial charge on any atom is -0.304 e. The third-order valence-electron chi connectivity index (χ3n) is 3.91. The van der Waals surface area contributed by atoms with Gasteiger partial charge in [-0.2, -0.15) is 0 Å². The largest absolute Gasteiger partial charge is 0.304 e. The van der Waals surface area contributed by atoms with Gasteiger partial charge in [0.25, 0.3) is 0 Å². The Morgan fingerprint density at radius 3 is 2.90 bits per heavy atom. The SMILES string of the molecule is O=S(=O)(NCCc1ncc2ccccn12)C1CCCC1. The summed E-state index contributed by atoms with van der Waals surface area (Å²) in [5.74, 6) is 0.884. The van der Waals surface area contributed by atoms with Crippen molar-refractivity contribution in [2.45, 2.75) is 37.4 Å². The van der Waals surface area contributed by atoms with Gasteiger partial charge in [0, 0.05) is 19.2 Å². The van der Waals surface area contributed by atoms with Gasteiger partial charge in [0.15, 0.2) is 0 Å². The lowest BCUT2D eigenvalue weighted by Crippen LogP contribution is -2.34. The Morgan fingerprint density at radius 2 is 2.10 bits per heavy atom. The summed E-state index contributed by atoms with van der Waals surface area (Å²) >= 11 is 0. The fraction of sp³-hybridized carbons (Fsp3) is 0.500. The van der Waals surface area contributed by atoms with Crippen LogP contribution in [0.1, 0.15) is 31.5 Å². The van der Waals surface area contributed by atoms with E-state index in [-0.39, 0.29) is 5.25 Å². The first-order chi connectivity index (χ1) is 9.67. The van der Waals surface area contributed by atoms with Crippen molar-refractivity contribution < 1.29 is 8.42 Å². The molecule has 5 nitrogen and oxygen atoms in total. The zero-order valence-electron chi connectivity index (χ0n) is 11.3. The number of pyridine rings is 1. The topological polar surface area (TPSA) is 63.5 Å². The van der Waals surface area contributed by atoms with Crippen molar-refractivity contribution in [3.63, 3.8) is 0 Å². The zero-order valence-corrected chi connectivity index (χ0v) is 12.1. The van der Waals surface area contributed by atoms with Crippen LogP contribution in [0.25, 0.3) is 5.52 Å². The fourth-order valence-corrected chi connectivity index (χ4v) is 4.38. The highest BCUT2D eigenvalue weighted by atomic mass is 32.2. The molecule has 6 heteroatoms. The van der Waals surface area contributed by atoms with E-state index in [9.17, 15) is 8.42 Å². The van der Waals surface area contributed by atoms with Crippen LogP contribution >= 0.6 is 0 Å². The molecule has 1 fully saturated rings. The average Bonchev–Trinajstić information content (AvgIpc) is 3.08. The second-order valence-electron chi connectivity index (χ2n) is 5.27. The summed E-state index contributed by atoms with van der Waals surface area (Å²) in [6.07, 6.45) is 7.99. The first-order valence-electron chi connectivity index (χ1n) is 7.06. The molecule has 0 saturated heterocycles. The van der Waals surface area contributed by atoms with Crippen LogP contribution in [0.2, 0.25) is 0 Å². The van der Waals surface area contributed by atoms with Gasteiger partial charge < -0.3 is 4.40 Å². The van der Waals surface area contributed by atoms with Crippen molar-refractivity contribution in [2.24, 2.45) is 0 Å². The molecule has 20 heavy (non-hydrogen) atoms. The number of nitrogens with one attached hydrogen (secondary N) is 1. The van der Waals surface area contributed by atoms with Crippen LogP contribution in [-0.2, 0) is 16.4 Å². The number of hydrogen-bond donors (Lipinski definition) is 1. The molecule has 2 heterocycles. The van der Waals surface area contributed by atoms with Crippen LogP contribution in [0, 0.1) is 0 Å². The quantitative estimate of drug-likeness (QED) is 0.913. The van der Waals surface area contributed by atoms with Crippen LogP contribution in [0.3, 0.4) is 0 Å². The van der Waals surface area contributed by atoms with Gasteiger partial charge in [-0.15, -0.1) is 0 Å². The maximum atomic E-state index is 12.1. The highest BCUT2D eigenvalue weighted by molar-refractivity contribution is 7.90. The van der Waals surface area contributed by atoms with Crippen LogP contribution in [0.15, 0.2) is 30.6 Å². The predicted molar refractivity (Wildman–Crippen MR) is 78.1 cm³/mol. The smallest absolute Gasteiger partial charge is 0.214 e. The number of nitrogens with zero attached hydrogens (tertiary/aromatic N) is 2. The third-order valence-corrected chi connectivity index (χ3v) is 5.86. The number of aromatic nitrogens is 2. The molecule has 2 aromatic rings. The van der Waals surface area contributed by atoms with Gasteiger partial charge in [-0.3, -0.25) is 0 Å². The van der Waals surface area contributed by atoms with Crippen molar-refractivity contribution in [3.05, 3.63) is 36.4 Å². The monoisotopic (exact) mass is 293 g/mol. The lowest BCUT2D eigenvalue weighted by atomic mass is 10.4. The number of hydrogen-bond acceptors (Lipinski definition) is 3. The van der Waals surface area contributed by atoms with Crippen LogP contribution in [0.4, 0.5) is 0 Å². The maximum Gasteiger partial charge on any atom is 0.214 e. The van der Waals surface area contributed by atoms with Gasteiger partial charge in [-0.25, -0.2) is 18.1 Å². The molecular formula is C14H19N3O2S. The van der Waals surface area contributed by atoms with Crippen molar-refractivity contribution in [3.8, 4) is 0 Å². The summed E-state index contributed by atoms with van der Waals surface area (Å²) in [6, 6.07) is 5.89. The Bertz CT molecular complexity index is 687. The highest BCUT2D eigenvalue weighted by Crippen LogP contribution is 2.23. The van der Waals surface area contributed by atoms with Gasteiger partial charge in [-0.05, 0) is 25.0 Å². The van der Waals surface area contributed by atoms with E-state index in [1.807, 2.05) is 28.8 Å². The summed E-state index contributed by atoms with van der Waals surface area (Å²) in [7, 11) is -3.15. The van der Waals surface area contributed by atoms with E-state index < -0.39 is 10.0 Å². The minimum atomic E-state index is -3.15. The first kappa shape index (κ1) is 13.6. The molecule has 0 bridgehead atoms. The Kier molecular flexibility index (Phi) is 3.76. The molecule has 2 aromatic heterocycles. The van der Waals surface area contributed by atoms with Crippen molar-refractivity contribution in [1.29, 1.82) is 0 Å². The summed E-state index contributed by atoms with van der Waals surface area (Å²) in [6.45, 7) is 0.410. The van der Waals surface area contributed by atoms with E-state index in [0.717, 1.165) is 37.0 Å². The van der Waals surface area contributed by atoms with E-state index in [1.165, 1.54) is 0 Å². The second kappa shape index (κ2) is 5.54. The second-order valence-corrected chi connectivity index (χ2v) is 7.31. The van der Waals surface area contributed by atoms with E-state index in [2.05, 4.69) is 9.71 Å². The Hall–Kier alpha value is -1.40. The molecule has 0 spiro atoms. The van der Waals surface area contributed by atoms with E-state index >= 15 is 0 Å². The van der Waals surface area contributed by atoms with Crippen LogP contribution in [-0.4, -0.2) is 29.6 Å². The number of rotatable bonds is 5. The highest BCUT2D eigenvalue weighted by Gasteiger charge is 2.28. The Morgan fingerprint density at radius 1 is 1.30 bits per heavy atom. The fourth-order valence-electron chi connectivity index (χ4n) is 2.81. The first-order valence-corrected chi connectivity index (χ1v) is 8.61. The molecule has 1 N–H and O–H groups in total. The molecule has 3 rings (SSSR count). The molecule has 108 valence electrons. The van der Waals surface area contributed by atoms with Crippen LogP contribution < -0.4 is 4.72 Å². The van der Waals surface area contributed by atoms with Crippen molar-refractivity contribution >= 4 is 15.5 Å². The molecule has 0 atom stereocenters. The molecule has 1 saturated carbocycles. The minimum absolute atomic E-state index is 0.195. The van der Waals surface area contributed by atoms with Gasteiger partial charge in [0.1, 0.15) is 5.82 Å². The Labute approximate surface area is 119 Å². The van der Waals surface area contributed by atoms with Crippen LogP contribution in [0.5, 0.6) is 0 Å². The van der Waals surface area contributed by atoms with Crippen molar-refractivity contribution in [1.82, 2.24) is 14.1 Å². The lowest BCUT2D eigenvalue weighted by molar-refractivity contribution is 0.564. The summed E-state index contributed by atoms with van der Waals surface area (Å²) in [5.41, 5.74) is 1.03. The molecular weight excluding hydrogens is 274 g/mol. The van der Waals surface area contributed by atoms with Gasteiger partial charge in [0.05, 0.1) is 17.0 Å². The number of fused-ring (bicyclic) bond motifs is 1. The molecule has 0 aliphatic heterocycles. The van der Waals surface area contributed by atoms with E-state index in [4.69, 9.17) is 0 Å². The summed E-state index contributed by atoms with van der Waals surface area (Å²) in [4.78, 5) is 4.34. The average molecular weight is 293 g/mol. The normalized spacial score (nSPS) is 17.0. The van der Waals surface area contributed by atoms with Gasteiger partial charge >= 0.3 is 0 Å². The molecule has 1 aliphatic carbocycles. The number of sulfonamides is 1. The third kappa shape index (κ3) is 2.71. The molecule has 0 aromatic carbocycles. The molecule has 0 amide bonds. The molecule has 0 unspecified atom stereocenters. The Balaban J connectivity index is 1.62. The van der Waals surface area contributed by atoms with Gasteiger partial charge in [0.2, 0.25) is 10.0 Å². The predicted octanol–water partition coefficient (Wildman–Crippen LogP) is 1.74. The molecule has 0 radical (unpaired) electrons. The molecule has 1 aliphatic rings. The summed E-state index contributed by atoms with van der Waals surface area (Å²) < 4.78 is 28.9. The number of imidazole rings is 1. The standard InChI is InChI=1S/C14H19N3O2S/c18-20(19,13-6-1-2-7-13)16-9-8-14-15-11-12-5-3-4-10-17(12)14/h3-5,10-11,13,16H,1-2,6-9H2. The van der Waals surface area contributed by atoms with Gasteiger partial charge in [-0.1, -0.05) is 18.9 Å². The lowest BCUT2D eigenvalue weighted by Gasteiger charge is -2.11. The van der Waals surface area contributed by atoms with Crippen molar-refractivity contribution in [2.75, 3.05) is 6.54 Å². The van der Waals surface area contributed by atoms with E-state index in [1.54, 1.807) is 6.20 Å². The zero-order chi connectivity index (χ0) is 14.0. The maximum absolute atomic E-state index is 12.1. The van der Waals surface area contributed by atoms with E-state index in [0.29, 0.717) is 13.0 Å².